The van der Waals surface area contributed by atoms with Crippen molar-refractivity contribution < 1.29 is 0 Å². The lowest BCUT2D eigenvalue weighted by Crippen LogP contribution is -2.30. The number of thiophene rings is 1. The maximum absolute atomic E-state index is 4.39. The lowest BCUT2D eigenvalue weighted by atomic mass is 10.0. The van der Waals surface area contributed by atoms with Crippen LogP contribution in [0.2, 0.25) is 0 Å². The summed E-state index contributed by atoms with van der Waals surface area (Å²) in [6.07, 6.45) is 4.45. The summed E-state index contributed by atoms with van der Waals surface area (Å²) >= 11 is 1.81. The highest BCUT2D eigenvalue weighted by Gasteiger charge is 2.27. The Hall–Kier alpha value is -2.32. The number of fused-ring (bicyclic) bond motifs is 4. The van der Waals surface area contributed by atoms with Gasteiger partial charge < -0.3 is 10.3 Å². The fourth-order valence-corrected chi connectivity index (χ4v) is 3.85. The predicted octanol–water partition coefficient (Wildman–Crippen LogP) is 1.30. The van der Waals surface area contributed by atoms with Gasteiger partial charge in [-0.2, -0.15) is 0 Å². The highest BCUT2D eigenvalue weighted by Crippen LogP contribution is 2.31. The van der Waals surface area contributed by atoms with Crippen molar-refractivity contribution in [2.75, 3.05) is 6.54 Å². The van der Waals surface area contributed by atoms with Gasteiger partial charge in [-0.15, -0.1) is 21.5 Å². The average molecular weight is 297 g/mol. The quantitative estimate of drug-likeness (QED) is 0.553. The van der Waals surface area contributed by atoms with Crippen LogP contribution in [0.4, 0.5) is 0 Å². The van der Waals surface area contributed by atoms with Crippen LogP contribution in [-0.4, -0.2) is 36.1 Å². The van der Waals surface area contributed by atoms with E-state index in [0.29, 0.717) is 5.65 Å². The molecule has 0 fully saturated rings. The zero-order valence-corrected chi connectivity index (χ0v) is 11.8. The molecule has 104 valence electrons. The molecule has 5 heterocycles. The van der Waals surface area contributed by atoms with Crippen molar-refractivity contribution in [1.29, 1.82) is 0 Å². The SMILES string of the molecule is c1nc2ncn3c(C4NCCc5sccc54)nnc3c2[nH]1. The van der Waals surface area contributed by atoms with E-state index in [9.17, 15) is 0 Å². The Kier molecular flexibility index (Phi) is 2.21. The van der Waals surface area contributed by atoms with Crippen LogP contribution in [0.25, 0.3) is 16.8 Å². The number of nitrogens with one attached hydrogen (secondary N) is 2. The zero-order valence-electron chi connectivity index (χ0n) is 10.9. The third-order valence-corrected chi connectivity index (χ3v) is 4.91. The van der Waals surface area contributed by atoms with Crippen LogP contribution in [-0.2, 0) is 6.42 Å². The number of nitrogens with zero attached hydrogens (tertiary/aromatic N) is 5. The molecule has 0 saturated heterocycles. The molecule has 0 saturated carbocycles. The molecule has 1 aliphatic heterocycles. The number of imidazole rings is 1. The van der Waals surface area contributed by atoms with Crippen LogP contribution < -0.4 is 5.32 Å². The molecule has 0 aliphatic carbocycles. The van der Waals surface area contributed by atoms with Gasteiger partial charge in [0.2, 0.25) is 0 Å². The van der Waals surface area contributed by atoms with Gasteiger partial charge in [0.25, 0.3) is 0 Å². The van der Waals surface area contributed by atoms with Crippen LogP contribution in [0.5, 0.6) is 0 Å². The predicted molar refractivity (Wildman–Crippen MR) is 78.3 cm³/mol. The van der Waals surface area contributed by atoms with E-state index in [-0.39, 0.29) is 6.04 Å². The monoisotopic (exact) mass is 297 g/mol. The largest absolute Gasteiger partial charge is 0.340 e. The van der Waals surface area contributed by atoms with Crippen LogP contribution in [0, 0.1) is 0 Å². The highest BCUT2D eigenvalue weighted by atomic mass is 32.1. The molecule has 0 amide bonds. The Bertz CT molecular complexity index is 950. The standard InChI is InChI=1S/C13H11N7S/c1-3-14-9(7-2-4-21-8(1)7)12-18-19-13-10-11(16-5-15-10)17-6-20(12)13/h2,4-6,9,14H,1,3H2,(H,15,16). The van der Waals surface area contributed by atoms with Crippen molar-refractivity contribution >= 4 is 28.1 Å². The molecule has 7 nitrogen and oxygen atoms in total. The first kappa shape index (κ1) is 11.4. The molecule has 8 heteroatoms. The van der Waals surface area contributed by atoms with Gasteiger partial charge in [0.15, 0.2) is 17.1 Å². The molecular formula is C13H11N7S. The van der Waals surface area contributed by atoms with Gasteiger partial charge in [-0.25, -0.2) is 9.97 Å². The van der Waals surface area contributed by atoms with Crippen LogP contribution in [0.1, 0.15) is 22.3 Å². The van der Waals surface area contributed by atoms with Crippen LogP contribution in [0.3, 0.4) is 0 Å². The van der Waals surface area contributed by atoms with Gasteiger partial charge in [-0.3, -0.25) is 4.40 Å². The van der Waals surface area contributed by atoms with Gasteiger partial charge in [-0.05, 0) is 23.4 Å². The molecular weight excluding hydrogens is 286 g/mol. The number of hydrogen-bond donors (Lipinski definition) is 2. The van der Waals surface area contributed by atoms with Gasteiger partial charge in [0.05, 0.1) is 12.4 Å². The number of H-pyrrole nitrogens is 1. The summed E-state index contributed by atoms with van der Waals surface area (Å²) in [5.74, 6) is 0.869. The molecule has 0 aromatic carbocycles. The molecule has 0 spiro atoms. The number of aromatic amines is 1. The van der Waals surface area contributed by atoms with E-state index < -0.39 is 0 Å². The molecule has 21 heavy (non-hydrogen) atoms. The average Bonchev–Trinajstić information content (AvgIpc) is 3.24. The minimum absolute atomic E-state index is 0.0668. The van der Waals surface area contributed by atoms with E-state index in [1.54, 1.807) is 24.0 Å². The van der Waals surface area contributed by atoms with Gasteiger partial charge >= 0.3 is 0 Å². The van der Waals surface area contributed by atoms with Gasteiger partial charge in [0, 0.05) is 11.4 Å². The van der Waals surface area contributed by atoms with E-state index in [1.807, 2.05) is 4.40 Å². The first-order valence-corrected chi connectivity index (χ1v) is 7.62. The van der Waals surface area contributed by atoms with E-state index in [4.69, 9.17) is 0 Å². The number of aromatic nitrogens is 6. The van der Waals surface area contributed by atoms with Gasteiger partial charge in [-0.1, -0.05) is 0 Å². The molecule has 2 N–H and O–H groups in total. The van der Waals surface area contributed by atoms with Crippen LogP contribution in [0.15, 0.2) is 24.1 Å². The minimum Gasteiger partial charge on any atom is -0.340 e. The third kappa shape index (κ3) is 1.51. The Labute approximate surface area is 123 Å². The lowest BCUT2D eigenvalue weighted by molar-refractivity contribution is 0.545. The second-order valence-electron chi connectivity index (χ2n) is 5.03. The zero-order chi connectivity index (χ0) is 13.8. The number of hydrogen-bond acceptors (Lipinski definition) is 6. The molecule has 1 atom stereocenters. The van der Waals surface area contributed by atoms with Crippen molar-refractivity contribution in [3.05, 3.63) is 40.4 Å². The van der Waals surface area contributed by atoms with E-state index in [1.165, 1.54) is 10.4 Å². The lowest BCUT2D eigenvalue weighted by Gasteiger charge is -2.22. The molecule has 4 aromatic heterocycles. The van der Waals surface area contributed by atoms with E-state index in [2.05, 4.69) is 41.9 Å². The normalized spacial score (nSPS) is 18.4. The summed E-state index contributed by atoms with van der Waals surface area (Å²) in [5, 5.41) is 14.4. The Morgan fingerprint density at radius 1 is 1.29 bits per heavy atom. The Balaban J connectivity index is 1.76. The maximum Gasteiger partial charge on any atom is 0.189 e. The number of rotatable bonds is 1. The minimum atomic E-state index is 0.0668. The molecule has 0 bridgehead atoms. The van der Waals surface area contributed by atoms with E-state index >= 15 is 0 Å². The molecule has 1 aliphatic rings. The summed E-state index contributed by atoms with van der Waals surface area (Å²) in [4.78, 5) is 13.0. The second kappa shape index (κ2) is 4.09. The molecule has 0 radical (unpaired) electrons. The second-order valence-corrected chi connectivity index (χ2v) is 6.03. The van der Waals surface area contributed by atoms with E-state index in [0.717, 1.165) is 30.0 Å². The summed E-state index contributed by atoms with van der Waals surface area (Å²) in [5.41, 5.74) is 3.54. The van der Waals surface area contributed by atoms with Crippen molar-refractivity contribution in [1.82, 2.24) is 34.9 Å². The Morgan fingerprint density at radius 2 is 2.29 bits per heavy atom. The smallest absolute Gasteiger partial charge is 0.189 e. The fraction of sp³-hybridized carbons (Fsp3) is 0.231. The molecule has 4 aromatic rings. The maximum atomic E-state index is 4.39. The first-order valence-electron chi connectivity index (χ1n) is 6.74. The summed E-state index contributed by atoms with van der Waals surface area (Å²) in [6.45, 7) is 0.951. The van der Waals surface area contributed by atoms with Crippen molar-refractivity contribution in [2.24, 2.45) is 0 Å². The van der Waals surface area contributed by atoms with Crippen molar-refractivity contribution in [3.8, 4) is 0 Å². The highest BCUT2D eigenvalue weighted by molar-refractivity contribution is 7.10. The Morgan fingerprint density at radius 3 is 3.29 bits per heavy atom. The molecule has 1 unspecified atom stereocenters. The topological polar surface area (TPSA) is 83.8 Å². The van der Waals surface area contributed by atoms with Gasteiger partial charge in [0.1, 0.15) is 11.8 Å². The van der Waals surface area contributed by atoms with Crippen molar-refractivity contribution in [3.63, 3.8) is 0 Å². The fourth-order valence-electron chi connectivity index (χ4n) is 2.93. The van der Waals surface area contributed by atoms with Crippen LogP contribution >= 0.6 is 11.3 Å². The summed E-state index contributed by atoms with van der Waals surface area (Å²) in [7, 11) is 0. The molecule has 5 rings (SSSR count). The summed E-state index contributed by atoms with van der Waals surface area (Å²) < 4.78 is 1.94. The summed E-state index contributed by atoms with van der Waals surface area (Å²) in [6, 6.07) is 2.23. The van der Waals surface area contributed by atoms with Crippen molar-refractivity contribution in [2.45, 2.75) is 12.5 Å². The third-order valence-electron chi connectivity index (χ3n) is 3.91. The first-order chi connectivity index (χ1) is 10.4.